The van der Waals surface area contributed by atoms with Gasteiger partial charge in [-0.15, -0.1) is 5.92 Å². The largest absolute Gasteiger partial charge is 0.384 e. The van der Waals surface area contributed by atoms with Crippen LogP contribution in [0.4, 0.5) is 0 Å². The number of rotatable bonds is 1. The molecule has 0 spiro atoms. The molecule has 1 heterocycles. The van der Waals surface area contributed by atoms with E-state index in [1.807, 2.05) is 0 Å². The van der Waals surface area contributed by atoms with E-state index in [2.05, 4.69) is 11.8 Å². The lowest BCUT2D eigenvalue weighted by molar-refractivity contribution is 0.350. The smallest absolute Gasteiger partial charge is 0.150 e. The van der Waals surface area contributed by atoms with Crippen molar-refractivity contribution in [3.63, 3.8) is 0 Å². The second kappa shape index (κ2) is 4.64. The van der Waals surface area contributed by atoms with Gasteiger partial charge < -0.3 is 5.11 Å². The van der Waals surface area contributed by atoms with Crippen LogP contribution in [-0.2, 0) is 9.84 Å². The van der Waals surface area contributed by atoms with Crippen molar-refractivity contribution in [2.45, 2.75) is 19.3 Å². The molecule has 0 aromatic heterocycles. The van der Waals surface area contributed by atoms with Crippen LogP contribution in [0, 0.1) is 17.8 Å². The average Bonchev–Trinajstić information content (AvgIpc) is 2.08. The summed E-state index contributed by atoms with van der Waals surface area (Å²) >= 11 is 0. The molecular formula is C9H14O3S. The Morgan fingerprint density at radius 2 is 1.85 bits per heavy atom. The molecule has 0 bridgehead atoms. The van der Waals surface area contributed by atoms with Gasteiger partial charge in [-0.3, -0.25) is 0 Å². The van der Waals surface area contributed by atoms with Crippen molar-refractivity contribution in [1.29, 1.82) is 0 Å². The van der Waals surface area contributed by atoms with E-state index in [9.17, 15) is 8.42 Å². The summed E-state index contributed by atoms with van der Waals surface area (Å²) < 4.78 is 22.1. The SMILES string of the molecule is O=S1(=O)CCC(CC#CCO)CC1. The molecule has 3 nitrogen and oxygen atoms in total. The Labute approximate surface area is 79.1 Å². The van der Waals surface area contributed by atoms with Crippen molar-refractivity contribution in [3.05, 3.63) is 0 Å². The molecule has 0 radical (unpaired) electrons. The zero-order chi connectivity index (χ0) is 9.73. The lowest BCUT2D eigenvalue weighted by atomic mass is 9.99. The number of aliphatic hydroxyl groups is 1. The molecule has 1 fully saturated rings. The van der Waals surface area contributed by atoms with Crippen molar-refractivity contribution < 1.29 is 13.5 Å². The predicted octanol–water partition coefficient (Wildman–Crippen LogP) is 0.197. The molecular weight excluding hydrogens is 188 g/mol. The molecule has 1 rings (SSSR count). The van der Waals surface area contributed by atoms with Crippen LogP contribution < -0.4 is 0 Å². The highest BCUT2D eigenvalue weighted by Gasteiger charge is 2.22. The van der Waals surface area contributed by atoms with Crippen molar-refractivity contribution in [2.24, 2.45) is 5.92 Å². The summed E-state index contributed by atoms with van der Waals surface area (Å²) in [7, 11) is -2.74. The lowest BCUT2D eigenvalue weighted by Crippen LogP contribution is -2.22. The summed E-state index contributed by atoms with van der Waals surface area (Å²) in [5.74, 6) is 6.42. The Kier molecular flexibility index (Phi) is 3.76. The van der Waals surface area contributed by atoms with E-state index in [4.69, 9.17) is 5.11 Å². The third kappa shape index (κ3) is 3.79. The van der Waals surface area contributed by atoms with Gasteiger partial charge in [0.05, 0.1) is 11.5 Å². The maximum Gasteiger partial charge on any atom is 0.150 e. The van der Waals surface area contributed by atoms with E-state index in [0.717, 1.165) is 19.3 Å². The quantitative estimate of drug-likeness (QED) is 0.618. The van der Waals surface area contributed by atoms with Gasteiger partial charge in [0.25, 0.3) is 0 Å². The fourth-order valence-electron chi connectivity index (χ4n) is 1.42. The summed E-state index contributed by atoms with van der Waals surface area (Å²) in [6.07, 6.45) is 2.17. The van der Waals surface area contributed by atoms with E-state index in [1.54, 1.807) is 0 Å². The zero-order valence-electron chi connectivity index (χ0n) is 7.49. The highest BCUT2D eigenvalue weighted by Crippen LogP contribution is 2.21. The molecule has 1 aliphatic rings. The van der Waals surface area contributed by atoms with Gasteiger partial charge in [0.2, 0.25) is 0 Å². The van der Waals surface area contributed by atoms with Crippen molar-refractivity contribution >= 4 is 9.84 Å². The number of sulfone groups is 1. The lowest BCUT2D eigenvalue weighted by Gasteiger charge is -2.19. The summed E-state index contributed by atoms with van der Waals surface area (Å²) in [4.78, 5) is 0. The topological polar surface area (TPSA) is 54.4 Å². The highest BCUT2D eigenvalue weighted by molar-refractivity contribution is 7.91. The van der Waals surface area contributed by atoms with E-state index in [1.165, 1.54) is 0 Å². The first kappa shape index (κ1) is 10.6. The highest BCUT2D eigenvalue weighted by atomic mass is 32.2. The average molecular weight is 202 g/mol. The molecule has 0 aromatic carbocycles. The molecule has 0 atom stereocenters. The van der Waals surface area contributed by atoms with Crippen LogP contribution in [0.1, 0.15) is 19.3 Å². The molecule has 0 unspecified atom stereocenters. The number of hydrogen-bond donors (Lipinski definition) is 1. The van der Waals surface area contributed by atoms with E-state index >= 15 is 0 Å². The summed E-state index contributed by atoms with van der Waals surface area (Å²) in [6.45, 7) is -0.106. The predicted molar refractivity (Wildman–Crippen MR) is 50.9 cm³/mol. The van der Waals surface area contributed by atoms with E-state index in [-0.39, 0.29) is 6.61 Å². The van der Waals surface area contributed by atoms with Crippen LogP contribution in [0.25, 0.3) is 0 Å². The minimum Gasteiger partial charge on any atom is -0.384 e. The second-order valence-electron chi connectivity index (χ2n) is 3.31. The third-order valence-electron chi connectivity index (χ3n) is 2.27. The molecule has 0 saturated carbocycles. The maximum atomic E-state index is 11.1. The summed E-state index contributed by atoms with van der Waals surface area (Å²) in [6, 6.07) is 0. The minimum atomic E-state index is -2.74. The van der Waals surface area contributed by atoms with Crippen LogP contribution >= 0.6 is 0 Å². The fourth-order valence-corrected chi connectivity index (χ4v) is 3.00. The Hall–Kier alpha value is -0.530. The van der Waals surface area contributed by atoms with Gasteiger partial charge in [-0.1, -0.05) is 5.92 Å². The second-order valence-corrected chi connectivity index (χ2v) is 5.61. The van der Waals surface area contributed by atoms with Crippen LogP contribution in [0.15, 0.2) is 0 Å². The number of hydrogen-bond acceptors (Lipinski definition) is 3. The molecule has 0 amide bonds. The molecule has 1 aliphatic heterocycles. The van der Waals surface area contributed by atoms with Gasteiger partial charge in [-0.2, -0.15) is 0 Å². The minimum absolute atomic E-state index is 0.106. The zero-order valence-corrected chi connectivity index (χ0v) is 8.31. The first-order valence-corrected chi connectivity index (χ1v) is 6.23. The monoisotopic (exact) mass is 202 g/mol. The van der Waals surface area contributed by atoms with Gasteiger partial charge in [0, 0.05) is 6.42 Å². The summed E-state index contributed by atoms with van der Waals surface area (Å²) in [5.41, 5.74) is 0. The van der Waals surface area contributed by atoms with E-state index < -0.39 is 9.84 Å². The molecule has 4 heteroatoms. The standard InChI is InChI=1S/C9H14O3S/c10-6-2-1-3-9-4-7-13(11,12)8-5-9/h9-10H,3-8H2. The molecule has 13 heavy (non-hydrogen) atoms. The first-order valence-electron chi connectivity index (χ1n) is 4.41. The molecule has 0 aromatic rings. The Morgan fingerprint density at radius 1 is 1.23 bits per heavy atom. The Morgan fingerprint density at radius 3 is 2.38 bits per heavy atom. The van der Waals surface area contributed by atoms with Crippen LogP contribution in [-0.4, -0.2) is 31.6 Å². The van der Waals surface area contributed by atoms with Crippen LogP contribution in [0.5, 0.6) is 0 Å². The molecule has 1 N–H and O–H groups in total. The maximum absolute atomic E-state index is 11.1. The van der Waals surface area contributed by atoms with Crippen LogP contribution in [0.3, 0.4) is 0 Å². The molecule has 74 valence electrons. The first-order chi connectivity index (χ1) is 6.14. The van der Waals surface area contributed by atoms with Gasteiger partial charge in [0.15, 0.2) is 0 Å². The van der Waals surface area contributed by atoms with Crippen LogP contribution in [0.2, 0.25) is 0 Å². The van der Waals surface area contributed by atoms with Gasteiger partial charge >= 0.3 is 0 Å². The third-order valence-corrected chi connectivity index (χ3v) is 3.98. The molecule has 0 aliphatic carbocycles. The Bertz CT molecular complexity index is 293. The van der Waals surface area contributed by atoms with Crippen molar-refractivity contribution in [2.75, 3.05) is 18.1 Å². The summed E-state index contributed by atoms with van der Waals surface area (Å²) in [5, 5.41) is 8.41. The molecule has 1 saturated heterocycles. The van der Waals surface area contributed by atoms with Gasteiger partial charge in [-0.25, -0.2) is 8.42 Å². The van der Waals surface area contributed by atoms with E-state index in [0.29, 0.717) is 17.4 Å². The number of aliphatic hydroxyl groups excluding tert-OH is 1. The van der Waals surface area contributed by atoms with Crippen molar-refractivity contribution in [1.82, 2.24) is 0 Å². The fraction of sp³-hybridized carbons (Fsp3) is 0.778. The van der Waals surface area contributed by atoms with Crippen molar-refractivity contribution in [3.8, 4) is 11.8 Å². The van der Waals surface area contributed by atoms with Gasteiger partial charge in [-0.05, 0) is 18.8 Å². The Balaban J connectivity index is 2.33. The normalized spacial score (nSPS) is 21.9. The van der Waals surface area contributed by atoms with Gasteiger partial charge in [0.1, 0.15) is 16.4 Å².